The number of fused-ring (bicyclic) bond motifs is 1. The SMILES string of the molecule is C=CC(=O)NCCCN(C)S(=O)(=O)c1ccc2c(c1)CCN2C(=O)C1CC1. The number of nitrogens with zero attached hydrogens (tertiary/aromatic N) is 2. The lowest BCUT2D eigenvalue weighted by Gasteiger charge is -2.19. The first-order valence-corrected chi connectivity index (χ1v) is 10.6. The Morgan fingerprint density at radius 2 is 2.11 bits per heavy atom. The summed E-state index contributed by atoms with van der Waals surface area (Å²) in [6.45, 7) is 4.66. The van der Waals surface area contributed by atoms with Gasteiger partial charge >= 0.3 is 0 Å². The Bertz CT molecular complexity index is 862. The van der Waals surface area contributed by atoms with E-state index in [9.17, 15) is 18.0 Å². The third-order valence-electron chi connectivity index (χ3n) is 4.98. The number of carbonyl (C=O) groups is 2. The Balaban J connectivity index is 1.65. The summed E-state index contributed by atoms with van der Waals surface area (Å²) in [4.78, 5) is 25.5. The van der Waals surface area contributed by atoms with Crippen molar-refractivity contribution in [3.8, 4) is 0 Å². The summed E-state index contributed by atoms with van der Waals surface area (Å²) >= 11 is 0. The molecule has 1 aromatic carbocycles. The van der Waals surface area contributed by atoms with Gasteiger partial charge in [-0.3, -0.25) is 9.59 Å². The summed E-state index contributed by atoms with van der Waals surface area (Å²) in [5, 5.41) is 2.63. The van der Waals surface area contributed by atoms with Crippen LogP contribution in [-0.4, -0.2) is 51.2 Å². The van der Waals surface area contributed by atoms with E-state index in [0.29, 0.717) is 32.5 Å². The lowest BCUT2D eigenvalue weighted by Crippen LogP contribution is -2.31. The van der Waals surface area contributed by atoms with Gasteiger partial charge in [0.15, 0.2) is 0 Å². The molecule has 0 aromatic heterocycles. The van der Waals surface area contributed by atoms with Gasteiger partial charge in [0, 0.05) is 38.3 Å². The van der Waals surface area contributed by atoms with Crippen molar-refractivity contribution in [1.29, 1.82) is 0 Å². The van der Waals surface area contributed by atoms with Crippen LogP contribution in [0.4, 0.5) is 5.69 Å². The molecule has 0 radical (unpaired) electrons. The van der Waals surface area contributed by atoms with Gasteiger partial charge in [-0.15, -0.1) is 0 Å². The minimum atomic E-state index is -3.61. The molecule has 1 aliphatic heterocycles. The topological polar surface area (TPSA) is 86.8 Å². The molecule has 1 N–H and O–H groups in total. The van der Waals surface area contributed by atoms with Gasteiger partial charge in [-0.1, -0.05) is 6.58 Å². The zero-order valence-electron chi connectivity index (χ0n) is 15.5. The van der Waals surface area contributed by atoms with Gasteiger partial charge in [-0.25, -0.2) is 12.7 Å². The number of carbonyl (C=O) groups excluding carboxylic acids is 2. The van der Waals surface area contributed by atoms with E-state index in [1.807, 2.05) is 0 Å². The van der Waals surface area contributed by atoms with Crippen LogP contribution in [0.15, 0.2) is 35.7 Å². The maximum absolute atomic E-state index is 12.8. The maximum Gasteiger partial charge on any atom is 0.243 e. The molecule has 2 aliphatic rings. The number of benzene rings is 1. The highest BCUT2D eigenvalue weighted by atomic mass is 32.2. The van der Waals surface area contributed by atoms with Crippen LogP contribution >= 0.6 is 0 Å². The summed E-state index contributed by atoms with van der Waals surface area (Å²) in [5.41, 5.74) is 1.73. The van der Waals surface area contributed by atoms with Crippen LogP contribution in [0.3, 0.4) is 0 Å². The van der Waals surface area contributed by atoms with Gasteiger partial charge in [0.2, 0.25) is 21.8 Å². The van der Waals surface area contributed by atoms with E-state index in [1.54, 1.807) is 23.1 Å². The fourth-order valence-corrected chi connectivity index (χ4v) is 4.46. The molecule has 1 saturated carbocycles. The van der Waals surface area contributed by atoms with Crippen molar-refractivity contribution in [2.24, 2.45) is 5.92 Å². The number of rotatable bonds is 8. The number of amides is 2. The lowest BCUT2D eigenvalue weighted by atomic mass is 10.2. The number of sulfonamides is 1. The monoisotopic (exact) mass is 391 g/mol. The zero-order chi connectivity index (χ0) is 19.6. The molecule has 1 aliphatic carbocycles. The van der Waals surface area contributed by atoms with Crippen molar-refractivity contribution >= 4 is 27.5 Å². The van der Waals surface area contributed by atoms with Crippen LogP contribution in [0.1, 0.15) is 24.8 Å². The van der Waals surface area contributed by atoms with Crippen molar-refractivity contribution in [3.63, 3.8) is 0 Å². The molecule has 0 saturated heterocycles. The number of hydrogen-bond acceptors (Lipinski definition) is 4. The second-order valence-corrected chi connectivity index (χ2v) is 9.02. The Kier molecular flexibility index (Phi) is 5.67. The zero-order valence-corrected chi connectivity index (χ0v) is 16.3. The first kappa shape index (κ1) is 19.6. The molecule has 0 bridgehead atoms. The highest BCUT2D eigenvalue weighted by Gasteiger charge is 2.36. The van der Waals surface area contributed by atoms with Gasteiger partial charge in [0.25, 0.3) is 0 Å². The highest BCUT2D eigenvalue weighted by molar-refractivity contribution is 7.89. The normalized spacial score (nSPS) is 16.3. The van der Waals surface area contributed by atoms with Crippen molar-refractivity contribution in [2.45, 2.75) is 30.6 Å². The quantitative estimate of drug-likeness (QED) is 0.535. The number of anilines is 1. The molecule has 27 heavy (non-hydrogen) atoms. The van der Waals surface area contributed by atoms with Crippen LogP contribution < -0.4 is 10.2 Å². The van der Waals surface area contributed by atoms with E-state index < -0.39 is 10.0 Å². The predicted octanol–water partition coefficient (Wildman–Crippen LogP) is 1.30. The molecular formula is C19H25N3O4S. The van der Waals surface area contributed by atoms with Crippen molar-refractivity contribution in [3.05, 3.63) is 36.4 Å². The predicted molar refractivity (Wildman–Crippen MR) is 103 cm³/mol. The van der Waals surface area contributed by atoms with Crippen LogP contribution in [0.25, 0.3) is 0 Å². The van der Waals surface area contributed by atoms with E-state index >= 15 is 0 Å². The second-order valence-electron chi connectivity index (χ2n) is 6.98. The molecule has 1 fully saturated rings. The first-order valence-electron chi connectivity index (χ1n) is 9.15. The van der Waals surface area contributed by atoms with E-state index in [4.69, 9.17) is 0 Å². The summed E-state index contributed by atoms with van der Waals surface area (Å²) in [6, 6.07) is 5.00. The fourth-order valence-electron chi connectivity index (χ4n) is 3.20. The number of nitrogens with one attached hydrogen (secondary N) is 1. The van der Waals surface area contributed by atoms with Crippen LogP contribution in [-0.2, 0) is 26.0 Å². The van der Waals surface area contributed by atoms with Crippen LogP contribution in [0, 0.1) is 5.92 Å². The molecule has 0 spiro atoms. The second kappa shape index (κ2) is 7.82. The Hall–Kier alpha value is -2.19. The Morgan fingerprint density at radius 1 is 1.37 bits per heavy atom. The molecule has 3 rings (SSSR count). The molecule has 1 aromatic rings. The maximum atomic E-state index is 12.8. The molecule has 1 heterocycles. The van der Waals surface area contributed by atoms with Gasteiger partial charge in [0.05, 0.1) is 4.90 Å². The largest absolute Gasteiger partial charge is 0.353 e. The summed E-state index contributed by atoms with van der Waals surface area (Å²) < 4.78 is 26.9. The Morgan fingerprint density at radius 3 is 2.78 bits per heavy atom. The first-order chi connectivity index (χ1) is 12.8. The number of hydrogen-bond donors (Lipinski definition) is 1. The lowest BCUT2D eigenvalue weighted by molar-refractivity contribution is -0.119. The van der Waals surface area contributed by atoms with Gasteiger partial charge < -0.3 is 10.2 Å². The van der Waals surface area contributed by atoms with Crippen LogP contribution in [0.5, 0.6) is 0 Å². The van der Waals surface area contributed by atoms with E-state index in [2.05, 4.69) is 11.9 Å². The van der Waals surface area contributed by atoms with Crippen molar-refractivity contribution in [1.82, 2.24) is 9.62 Å². The molecule has 0 unspecified atom stereocenters. The summed E-state index contributed by atoms with van der Waals surface area (Å²) in [6.07, 6.45) is 4.27. The smallest absolute Gasteiger partial charge is 0.243 e. The fraction of sp³-hybridized carbons (Fsp3) is 0.474. The standard InChI is InChI=1S/C19H25N3O4S/c1-3-18(23)20-10-4-11-21(2)27(25,26)16-7-8-17-15(13-16)9-12-22(17)19(24)14-5-6-14/h3,7-8,13-14H,1,4-6,9-12H2,2H3,(H,20,23). The third kappa shape index (κ3) is 4.22. The van der Waals surface area contributed by atoms with Gasteiger partial charge in [0.1, 0.15) is 0 Å². The van der Waals surface area contributed by atoms with Crippen molar-refractivity contribution < 1.29 is 18.0 Å². The Labute approximate surface area is 160 Å². The summed E-state index contributed by atoms with van der Waals surface area (Å²) in [7, 11) is -2.08. The minimum absolute atomic E-state index is 0.145. The minimum Gasteiger partial charge on any atom is -0.353 e. The third-order valence-corrected chi connectivity index (χ3v) is 6.83. The van der Waals surface area contributed by atoms with Crippen LogP contribution in [0.2, 0.25) is 0 Å². The molecule has 146 valence electrons. The van der Waals surface area contributed by atoms with E-state index in [0.717, 1.165) is 24.1 Å². The molecular weight excluding hydrogens is 366 g/mol. The van der Waals surface area contributed by atoms with E-state index in [1.165, 1.54) is 17.4 Å². The average molecular weight is 391 g/mol. The van der Waals surface area contributed by atoms with Gasteiger partial charge in [-0.2, -0.15) is 0 Å². The molecule has 2 amide bonds. The molecule has 8 heteroatoms. The van der Waals surface area contributed by atoms with Crippen molar-refractivity contribution in [2.75, 3.05) is 31.6 Å². The molecule has 0 atom stereocenters. The van der Waals surface area contributed by atoms with E-state index in [-0.39, 0.29) is 22.6 Å². The average Bonchev–Trinajstić information content (AvgIpc) is 3.43. The molecule has 7 nitrogen and oxygen atoms in total. The highest BCUT2D eigenvalue weighted by Crippen LogP contribution is 2.37. The summed E-state index contributed by atoms with van der Waals surface area (Å²) in [5.74, 6) is 0.0274. The van der Waals surface area contributed by atoms with Gasteiger partial charge in [-0.05, 0) is 55.5 Å².